The van der Waals surface area contributed by atoms with Crippen LogP contribution in [-0.2, 0) is 0 Å². The minimum Gasteiger partial charge on any atom is -0.292 e. The molecule has 0 radical (unpaired) electrons. The van der Waals surface area contributed by atoms with Gasteiger partial charge in [-0.25, -0.2) is 0 Å². The second-order valence-electron chi connectivity index (χ2n) is 5.53. The van der Waals surface area contributed by atoms with E-state index in [0.717, 1.165) is 12.5 Å². The molecule has 0 aliphatic carbocycles. The summed E-state index contributed by atoms with van der Waals surface area (Å²) in [6, 6.07) is 0. The Balaban J connectivity index is 2.33. The zero-order chi connectivity index (χ0) is 10.6. The topological polar surface area (TPSA) is 3.24 Å². The van der Waals surface area contributed by atoms with Crippen LogP contribution in [0.1, 0.15) is 40.5 Å². The quantitative estimate of drug-likeness (QED) is 0.579. The lowest BCUT2D eigenvalue weighted by Crippen LogP contribution is -2.34. The molecule has 0 N–H and O–H groups in total. The van der Waals surface area contributed by atoms with E-state index in [1.54, 1.807) is 0 Å². The molecule has 0 saturated carbocycles. The summed E-state index contributed by atoms with van der Waals surface area (Å²) in [5.74, 6) is 7.45. The van der Waals surface area contributed by atoms with Crippen LogP contribution < -0.4 is 0 Å². The van der Waals surface area contributed by atoms with Crippen molar-refractivity contribution in [2.24, 2.45) is 11.3 Å². The van der Waals surface area contributed by atoms with Crippen molar-refractivity contribution in [2.75, 3.05) is 19.6 Å². The summed E-state index contributed by atoms with van der Waals surface area (Å²) in [5, 5.41) is 0. The standard InChI is InChI=1S/C13H23N/c1-12-7-5-9-14(11-12)10-6-8-13(2,3)4/h12H,5,7,9-11H2,1-4H3. The average molecular weight is 193 g/mol. The van der Waals surface area contributed by atoms with E-state index >= 15 is 0 Å². The molecule has 80 valence electrons. The maximum absolute atomic E-state index is 3.29. The summed E-state index contributed by atoms with van der Waals surface area (Å²) >= 11 is 0. The van der Waals surface area contributed by atoms with Gasteiger partial charge in [0.15, 0.2) is 0 Å². The largest absolute Gasteiger partial charge is 0.292 e. The van der Waals surface area contributed by atoms with Crippen LogP contribution in [0.5, 0.6) is 0 Å². The van der Waals surface area contributed by atoms with Gasteiger partial charge in [-0.3, -0.25) is 4.90 Å². The molecule has 0 aromatic carbocycles. The Morgan fingerprint density at radius 3 is 2.64 bits per heavy atom. The highest BCUT2D eigenvalue weighted by molar-refractivity contribution is 5.08. The first-order valence-corrected chi connectivity index (χ1v) is 5.70. The summed E-state index contributed by atoms with van der Waals surface area (Å²) in [5.41, 5.74) is 0.154. The van der Waals surface area contributed by atoms with Crippen LogP contribution in [-0.4, -0.2) is 24.5 Å². The smallest absolute Gasteiger partial charge is 0.0601 e. The van der Waals surface area contributed by atoms with E-state index in [1.165, 1.54) is 25.9 Å². The molecule has 1 aliphatic rings. The minimum atomic E-state index is 0.154. The Bertz CT molecular complexity index is 226. The minimum absolute atomic E-state index is 0.154. The Kier molecular flexibility index (Phi) is 4.01. The summed E-state index contributed by atoms with van der Waals surface area (Å²) in [6.07, 6.45) is 2.74. The molecule has 0 bridgehead atoms. The van der Waals surface area contributed by atoms with E-state index in [2.05, 4.69) is 44.4 Å². The van der Waals surface area contributed by atoms with Crippen molar-refractivity contribution in [2.45, 2.75) is 40.5 Å². The third kappa shape index (κ3) is 4.67. The normalized spacial score (nSPS) is 24.1. The Morgan fingerprint density at radius 1 is 1.36 bits per heavy atom. The molecule has 1 nitrogen and oxygen atoms in total. The number of hydrogen-bond donors (Lipinski definition) is 0. The van der Waals surface area contributed by atoms with Gasteiger partial charge in [-0.2, -0.15) is 0 Å². The van der Waals surface area contributed by atoms with E-state index < -0.39 is 0 Å². The predicted octanol–water partition coefficient (Wildman–Crippen LogP) is 2.77. The SMILES string of the molecule is CC1CCCN(CC#CC(C)(C)C)C1. The van der Waals surface area contributed by atoms with Gasteiger partial charge in [-0.15, -0.1) is 0 Å². The van der Waals surface area contributed by atoms with Crippen LogP contribution in [0.25, 0.3) is 0 Å². The van der Waals surface area contributed by atoms with Gasteiger partial charge in [0.1, 0.15) is 0 Å². The number of rotatable bonds is 1. The van der Waals surface area contributed by atoms with E-state index in [4.69, 9.17) is 0 Å². The highest BCUT2D eigenvalue weighted by Crippen LogP contribution is 2.15. The molecule has 0 aromatic rings. The predicted molar refractivity (Wildman–Crippen MR) is 62.1 cm³/mol. The van der Waals surface area contributed by atoms with Crippen LogP contribution >= 0.6 is 0 Å². The molecule has 1 aliphatic heterocycles. The fraction of sp³-hybridized carbons (Fsp3) is 0.846. The van der Waals surface area contributed by atoms with Crippen molar-refractivity contribution in [3.8, 4) is 11.8 Å². The second kappa shape index (κ2) is 4.84. The molecular formula is C13H23N. The number of likely N-dealkylation sites (tertiary alicyclic amines) is 1. The molecule has 1 heterocycles. The first-order chi connectivity index (χ1) is 6.47. The highest BCUT2D eigenvalue weighted by Gasteiger charge is 2.14. The van der Waals surface area contributed by atoms with Crippen molar-refractivity contribution in [1.29, 1.82) is 0 Å². The third-order valence-corrected chi connectivity index (χ3v) is 2.51. The van der Waals surface area contributed by atoms with Crippen LogP contribution in [0.3, 0.4) is 0 Å². The third-order valence-electron chi connectivity index (χ3n) is 2.51. The lowest BCUT2D eigenvalue weighted by Gasteiger charge is -2.29. The van der Waals surface area contributed by atoms with E-state index in [1.807, 2.05) is 0 Å². The van der Waals surface area contributed by atoms with Crippen LogP contribution in [0.4, 0.5) is 0 Å². The zero-order valence-corrected chi connectivity index (χ0v) is 10.1. The summed E-state index contributed by atoms with van der Waals surface area (Å²) in [4.78, 5) is 2.48. The molecule has 1 rings (SSSR count). The average Bonchev–Trinajstić information content (AvgIpc) is 2.01. The van der Waals surface area contributed by atoms with Gasteiger partial charge in [0.05, 0.1) is 6.54 Å². The van der Waals surface area contributed by atoms with Crippen molar-refractivity contribution in [1.82, 2.24) is 4.90 Å². The van der Waals surface area contributed by atoms with Crippen molar-refractivity contribution in [3.05, 3.63) is 0 Å². The number of hydrogen-bond acceptors (Lipinski definition) is 1. The summed E-state index contributed by atoms with van der Waals surface area (Å²) in [7, 11) is 0. The van der Waals surface area contributed by atoms with Crippen molar-refractivity contribution < 1.29 is 0 Å². The fourth-order valence-corrected chi connectivity index (χ4v) is 1.85. The molecule has 14 heavy (non-hydrogen) atoms. The molecule has 1 fully saturated rings. The molecule has 1 atom stereocenters. The van der Waals surface area contributed by atoms with Gasteiger partial charge in [0.25, 0.3) is 0 Å². The molecule has 0 spiro atoms. The molecule has 1 saturated heterocycles. The number of piperidine rings is 1. The maximum Gasteiger partial charge on any atom is 0.0601 e. The van der Waals surface area contributed by atoms with Crippen molar-refractivity contribution >= 4 is 0 Å². The van der Waals surface area contributed by atoms with Crippen LogP contribution in [0.15, 0.2) is 0 Å². The van der Waals surface area contributed by atoms with Gasteiger partial charge >= 0.3 is 0 Å². The highest BCUT2D eigenvalue weighted by atomic mass is 15.1. The van der Waals surface area contributed by atoms with Crippen molar-refractivity contribution in [3.63, 3.8) is 0 Å². The van der Waals surface area contributed by atoms with Crippen LogP contribution in [0.2, 0.25) is 0 Å². The number of nitrogens with zero attached hydrogens (tertiary/aromatic N) is 1. The Labute approximate surface area is 88.9 Å². The lowest BCUT2D eigenvalue weighted by molar-refractivity contribution is 0.204. The summed E-state index contributed by atoms with van der Waals surface area (Å²) in [6.45, 7) is 12.3. The molecule has 0 amide bonds. The van der Waals surface area contributed by atoms with E-state index in [-0.39, 0.29) is 5.41 Å². The molecule has 1 heteroatoms. The molecular weight excluding hydrogens is 170 g/mol. The monoisotopic (exact) mass is 193 g/mol. The van der Waals surface area contributed by atoms with Gasteiger partial charge in [0, 0.05) is 12.0 Å². The van der Waals surface area contributed by atoms with E-state index in [9.17, 15) is 0 Å². The van der Waals surface area contributed by atoms with Gasteiger partial charge in [-0.05, 0) is 46.1 Å². The summed E-state index contributed by atoms with van der Waals surface area (Å²) < 4.78 is 0. The Morgan fingerprint density at radius 2 is 2.07 bits per heavy atom. The zero-order valence-electron chi connectivity index (χ0n) is 10.1. The van der Waals surface area contributed by atoms with E-state index in [0.29, 0.717) is 0 Å². The second-order valence-corrected chi connectivity index (χ2v) is 5.53. The van der Waals surface area contributed by atoms with Gasteiger partial charge in [-0.1, -0.05) is 18.8 Å². The van der Waals surface area contributed by atoms with Gasteiger partial charge < -0.3 is 0 Å². The first kappa shape index (κ1) is 11.6. The van der Waals surface area contributed by atoms with Gasteiger partial charge in [0.2, 0.25) is 0 Å². The first-order valence-electron chi connectivity index (χ1n) is 5.70. The molecule has 0 aromatic heterocycles. The Hall–Kier alpha value is -0.480. The van der Waals surface area contributed by atoms with Crippen LogP contribution in [0, 0.1) is 23.2 Å². The molecule has 1 unspecified atom stereocenters. The maximum atomic E-state index is 3.29. The fourth-order valence-electron chi connectivity index (χ4n) is 1.85. The lowest BCUT2D eigenvalue weighted by atomic mass is 9.98.